The molecule has 0 amide bonds. The number of nitrogens with two attached hydrogens (primary N) is 1. The fourth-order valence-corrected chi connectivity index (χ4v) is 1.63. The lowest BCUT2D eigenvalue weighted by Crippen LogP contribution is -2.23. The van der Waals surface area contributed by atoms with Crippen LogP contribution in [0.4, 0.5) is 11.8 Å². The van der Waals surface area contributed by atoms with E-state index >= 15 is 0 Å². The summed E-state index contributed by atoms with van der Waals surface area (Å²) in [4.78, 5) is 10.4. The number of hydrogen-bond donors (Lipinski definition) is 1. The Hall–Kier alpha value is -1.32. The Balaban J connectivity index is 2.00. The second-order valence-corrected chi connectivity index (χ2v) is 4.14. The molecule has 1 heterocycles. The largest absolute Gasteiger partial charge is 0.384 e. The number of aromatic nitrogens is 2. The highest BCUT2D eigenvalue weighted by Gasteiger charge is 2.33. The van der Waals surface area contributed by atoms with E-state index < -0.39 is 0 Å². The van der Waals surface area contributed by atoms with Crippen LogP contribution in [-0.4, -0.2) is 23.6 Å². The van der Waals surface area contributed by atoms with Crippen LogP contribution >= 0.6 is 0 Å². The number of hydrogen-bond acceptors (Lipinski definition) is 4. The predicted octanol–water partition coefficient (Wildman–Crippen LogP) is 1.15. The highest BCUT2D eigenvalue weighted by Crippen LogP contribution is 2.38. The van der Waals surface area contributed by atoms with Crippen molar-refractivity contribution in [3.8, 4) is 0 Å². The van der Waals surface area contributed by atoms with Gasteiger partial charge in [0.2, 0.25) is 5.95 Å². The maximum Gasteiger partial charge on any atom is 0.226 e. The maximum atomic E-state index is 5.59. The van der Waals surface area contributed by atoms with Crippen LogP contribution < -0.4 is 10.6 Å². The van der Waals surface area contributed by atoms with Crippen molar-refractivity contribution in [2.24, 2.45) is 11.8 Å². The van der Waals surface area contributed by atoms with Crippen LogP contribution in [0.5, 0.6) is 0 Å². The summed E-state index contributed by atoms with van der Waals surface area (Å²) in [6.45, 7) is 3.31. The van der Waals surface area contributed by atoms with Crippen LogP contribution in [-0.2, 0) is 0 Å². The van der Waals surface area contributed by atoms with Crippen LogP contribution in [0.25, 0.3) is 0 Å². The quantitative estimate of drug-likeness (QED) is 0.780. The van der Waals surface area contributed by atoms with Crippen molar-refractivity contribution < 1.29 is 0 Å². The molecule has 0 aromatic carbocycles. The lowest BCUT2D eigenvalue weighted by Gasteiger charge is -2.16. The van der Waals surface area contributed by atoms with Gasteiger partial charge in [0.1, 0.15) is 5.82 Å². The van der Waals surface area contributed by atoms with Gasteiger partial charge in [-0.1, -0.05) is 6.92 Å². The van der Waals surface area contributed by atoms with Crippen LogP contribution in [0, 0.1) is 11.8 Å². The Bertz CT molecular complexity index is 326. The molecular weight excluding hydrogens is 176 g/mol. The molecule has 1 aliphatic rings. The molecule has 2 unspecified atom stereocenters. The van der Waals surface area contributed by atoms with Gasteiger partial charge in [0.05, 0.1) is 0 Å². The maximum absolute atomic E-state index is 5.59. The predicted molar refractivity (Wildman–Crippen MR) is 57.0 cm³/mol. The van der Waals surface area contributed by atoms with Gasteiger partial charge in [0, 0.05) is 19.8 Å². The van der Waals surface area contributed by atoms with Crippen LogP contribution in [0.1, 0.15) is 13.3 Å². The van der Waals surface area contributed by atoms with Gasteiger partial charge >= 0.3 is 0 Å². The molecule has 1 saturated carbocycles. The number of nitrogens with zero attached hydrogens (tertiary/aromatic N) is 3. The summed E-state index contributed by atoms with van der Waals surface area (Å²) < 4.78 is 0. The molecular formula is C10H16N4. The van der Waals surface area contributed by atoms with Gasteiger partial charge in [-0.05, 0) is 24.3 Å². The monoisotopic (exact) mass is 192 g/mol. The van der Waals surface area contributed by atoms with Crippen molar-refractivity contribution in [2.75, 3.05) is 24.2 Å². The number of rotatable bonds is 3. The van der Waals surface area contributed by atoms with Crippen LogP contribution in [0.2, 0.25) is 0 Å². The molecule has 2 rings (SSSR count). The van der Waals surface area contributed by atoms with Gasteiger partial charge in [-0.3, -0.25) is 0 Å². The first kappa shape index (κ1) is 9.24. The third-order valence-corrected chi connectivity index (χ3v) is 2.79. The van der Waals surface area contributed by atoms with E-state index in [9.17, 15) is 0 Å². The summed E-state index contributed by atoms with van der Waals surface area (Å²) in [5.41, 5.74) is 5.59. The van der Waals surface area contributed by atoms with E-state index in [2.05, 4.69) is 21.8 Å². The Morgan fingerprint density at radius 3 is 2.93 bits per heavy atom. The molecule has 1 aromatic heterocycles. The van der Waals surface area contributed by atoms with Crippen LogP contribution in [0.3, 0.4) is 0 Å². The molecule has 76 valence electrons. The van der Waals surface area contributed by atoms with Gasteiger partial charge in [-0.25, -0.2) is 4.98 Å². The van der Waals surface area contributed by atoms with E-state index in [-0.39, 0.29) is 0 Å². The van der Waals surface area contributed by atoms with Gasteiger partial charge in [-0.15, -0.1) is 0 Å². The third kappa shape index (κ3) is 1.95. The zero-order valence-electron chi connectivity index (χ0n) is 8.64. The van der Waals surface area contributed by atoms with Gasteiger partial charge in [-0.2, -0.15) is 4.98 Å². The van der Waals surface area contributed by atoms with E-state index in [0.717, 1.165) is 24.3 Å². The minimum atomic E-state index is 0.533. The normalized spacial score (nSPS) is 24.7. The first-order valence-electron chi connectivity index (χ1n) is 4.96. The van der Waals surface area contributed by atoms with Crippen molar-refractivity contribution in [2.45, 2.75) is 13.3 Å². The topological polar surface area (TPSA) is 55.0 Å². The average molecular weight is 192 g/mol. The average Bonchev–Trinajstić information content (AvgIpc) is 2.81. The molecule has 1 fully saturated rings. The Kier molecular flexibility index (Phi) is 2.27. The Morgan fingerprint density at radius 2 is 2.36 bits per heavy atom. The molecule has 2 atom stereocenters. The number of nitrogen functional groups attached to an aromatic ring is 1. The summed E-state index contributed by atoms with van der Waals surface area (Å²) in [7, 11) is 2.01. The van der Waals surface area contributed by atoms with Gasteiger partial charge < -0.3 is 10.6 Å². The van der Waals surface area contributed by atoms with E-state index in [4.69, 9.17) is 5.73 Å². The fraction of sp³-hybridized carbons (Fsp3) is 0.600. The minimum absolute atomic E-state index is 0.533. The third-order valence-electron chi connectivity index (χ3n) is 2.79. The smallest absolute Gasteiger partial charge is 0.226 e. The zero-order valence-corrected chi connectivity index (χ0v) is 8.64. The van der Waals surface area contributed by atoms with Gasteiger partial charge in [0.25, 0.3) is 0 Å². The summed E-state index contributed by atoms with van der Waals surface area (Å²) in [6.07, 6.45) is 3.02. The second-order valence-electron chi connectivity index (χ2n) is 4.14. The summed E-state index contributed by atoms with van der Waals surface area (Å²) in [6, 6.07) is 1.71. The van der Waals surface area contributed by atoms with E-state index in [1.54, 1.807) is 12.3 Å². The Labute approximate surface area is 84.2 Å². The lowest BCUT2D eigenvalue weighted by atomic mass is 10.3. The van der Waals surface area contributed by atoms with Crippen molar-refractivity contribution >= 4 is 11.8 Å². The van der Waals surface area contributed by atoms with E-state index in [1.807, 2.05) is 7.05 Å². The molecule has 0 bridgehead atoms. The van der Waals surface area contributed by atoms with Crippen molar-refractivity contribution in [3.63, 3.8) is 0 Å². The van der Waals surface area contributed by atoms with Crippen LogP contribution in [0.15, 0.2) is 12.3 Å². The molecule has 4 heteroatoms. The van der Waals surface area contributed by atoms with E-state index in [0.29, 0.717) is 5.82 Å². The summed E-state index contributed by atoms with van der Waals surface area (Å²) in [5, 5.41) is 0. The SMILES string of the molecule is CC1CC1CN(C)c1nccc(N)n1. The number of anilines is 2. The van der Waals surface area contributed by atoms with E-state index in [1.165, 1.54) is 6.42 Å². The standard InChI is InChI=1S/C10H16N4/c1-7-5-8(7)6-14(2)10-12-4-3-9(11)13-10/h3-4,7-8H,5-6H2,1-2H3,(H2,11,12,13). The van der Waals surface area contributed by atoms with Crippen molar-refractivity contribution in [3.05, 3.63) is 12.3 Å². The summed E-state index contributed by atoms with van der Waals surface area (Å²) in [5.74, 6) is 2.93. The highest BCUT2D eigenvalue weighted by atomic mass is 15.2. The van der Waals surface area contributed by atoms with Crippen molar-refractivity contribution in [1.29, 1.82) is 0 Å². The molecule has 4 nitrogen and oxygen atoms in total. The zero-order chi connectivity index (χ0) is 10.1. The molecule has 1 aliphatic carbocycles. The molecule has 2 N–H and O–H groups in total. The summed E-state index contributed by atoms with van der Waals surface area (Å²) >= 11 is 0. The molecule has 0 saturated heterocycles. The molecule has 0 radical (unpaired) electrons. The first-order valence-corrected chi connectivity index (χ1v) is 4.96. The first-order chi connectivity index (χ1) is 6.66. The highest BCUT2D eigenvalue weighted by molar-refractivity contribution is 5.37. The molecule has 0 spiro atoms. The fourth-order valence-electron chi connectivity index (χ4n) is 1.63. The Morgan fingerprint density at radius 1 is 1.64 bits per heavy atom. The van der Waals surface area contributed by atoms with Crippen molar-refractivity contribution in [1.82, 2.24) is 9.97 Å². The lowest BCUT2D eigenvalue weighted by molar-refractivity contribution is 0.712. The molecule has 0 aliphatic heterocycles. The minimum Gasteiger partial charge on any atom is -0.384 e. The van der Waals surface area contributed by atoms with Gasteiger partial charge in [0.15, 0.2) is 0 Å². The molecule has 14 heavy (non-hydrogen) atoms. The second kappa shape index (κ2) is 3.44. The molecule has 1 aromatic rings.